The van der Waals surface area contributed by atoms with Gasteiger partial charge in [-0.25, -0.2) is 4.90 Å². The van der Waals surface area contributed by atoms with Crippen LogP contribution in [-0.4, -0.2) is 47.2 Å². The first-order chi connectivity index (χ1) is 17.0. The van der Waals surface area contributed by atoms with Gasteiger partial charge in [0.15, 0.2) is 0 Å². The standard InChI is InChI=1S/C24H18Cl4N4O4/c1-9(33)29-13-7-17-18-19(22(35)32(21(18)34)14-3-10(25)2-11(26)4-14)24(31(17)8-13)15-5-12(27)6-16(28)20(15)30-23(24)36/h2-6,13,17-19H,7-8H2,1H3,(H,29,33)(H,30,36)/t13-,17?,18?,19?,24?/m0/s1. The van der Waals surface area contributed by atoms with Crippen LogP contribution in [-0.2, 0) is 24.7 Å². The minimum atomic E-state index is -1.53. The first kappa shape index (κ1) is 24.0. The Balaban J connectivity index is 1.56. The summed E-state index contributed by atoms with van der Waals surface area (Å²) in [5.41, 5.74) is -0.496. The minimum Gasteiger partial charge on any atom is -0.352 e. The number of carbonyl (C=O) groups excluding carboxylic acids is 4. The van der Waals surface area contributed by atoms with E-state index in [2.05, 4.69) is 10.6 Å². The number of anilines is 2. The molecule has 4 unspecified atom stereocenters. The normalized spacial score (nSPS) is 30.6. The molecule has 36 heavy (non-hydrogen) atoms. The number of amides is 4. The molecule has 2 aromatic carbocycles. The van der Waals surface area contributed by atoms with Crippen LogP contribution in [0.4, 0.5) is 11.4 Å². The number of rotatable bonds is 2. The highest BCUT2D eigenvalue weighted by atomic mass is 35.5. The lowest BCUT2D eigenvalue weighted by atomic mass is 9.75. The van der Waals surface area contributed by atoms with Gasteiger partial charge in [-0.1, -0.05) is 46.4 Å². The van der Waals surface area contributed by atoms with Crippen molar-refractivity contribution in [2.24, 2.45) is 11.8 Å². The van der Waals surface area contributed by atoms with Crippen molar-refractivity contribution in [3.8, 4) is 0 Å². The van der Waals surface area contributed by atoms with Crippen LogP contribution in [0.1, 0.15) is 18.9 Å². The molecule has 4 amide bonds. The summed E-state index contributed by atoms with van der Waals surface area (Å²) in [6.07, 6.45) is 0.391. The number of halogens is 4. The van der Waals surface area contributed by atoms with E-state index in [9.17, 15) is 19.2 Å². The number of hydrogen-bond acceptors (Lipinski definition) is 5. The SMILES string of the molecule is CC(=O)N[C@H]1CC2C3C(=O)N(c4cc(Cl)cc(Cl)c4)C(=O)C3C3(C(=O)Nc4c(Cl)cc(Cl)cc43)N2C1. The Morgan fingerprint density at radius 3 is 2.33 bits per heavy atom. The number of carbonyl (C=O) groups is 4. The van der Waals surface area contributed by atoms with Crippen LogP contribution < -0.4 is 15.5 Å². The lowest BCUT2D eigenvalue weighted by Crippen LogP contribution is -2.55. The molecular formula is C24H18Cl4N4O4. The smallest absolute Gasteiger partial charge is 0.250 e. The van der Waals surface area contributed by atoms with Crippen LogP contribution >= 0.6 is 46.4 Å². The number of nitrogens with zero attached hydrogens (tertiary/aromatic N) is 2. The highest BCUT2D eigenvalue weighted by Gasteiger charge is 2.75. The van der Waals surface area contributed by atoms with Crippen molar-refractivity contribution >= 4 is 81.4 Å². The molecule has 8 nitrogen and oxygen atoms in total. The topological polar surface area (TPSA) is 98.8 Å². The molecule has 2 aromatic rings. The third-order valence-electron chi connectivity index (χ3n) is 7.58. The maximum Gasteiger partial charge on any atom is 0.250 e. The van der Waals surface area contributed by atoms with E-state index < -0.39 is 41.1 Å². The maximum absolute atomic E-state index is 14.1. The third kappa shape index (κ3) is 3.12. The molecule has 0 aliphatic carbocycles. The van der Waals surface area contributed by atoms with E-state index in [0.29, 0.717) is 22.7 Å². The Labute approximate surface area is 225 Å². The zero-order valence-electron chi connectivity index (χ0n) is 18.6. The molecule has 0 bridgehead atoms. The fourth-order valence-electron chi connectivity index (χ4n) is 6.55. The zero-order chi connectivity index (χ0) is 25.7. The van der Waals surface area contributed by atoms with Crippen molar-refractivity contribution in [2.45, 2.75) is 31.0 Å². The second-order valence-electron chi connectivity index (χ2n) is 9.53. The average Bonchev–Trinajstić information content (AvgIpc) is 3.43. The number of imide groups is 1. The summed E-state index contributed by atoms with van der Waals surface area (Å²) >= 11 is 25.1. The van der Waals surface area contributed by atoms with Gasteiger partial charge in [-0.3, -0.25) is 24.1 Å². The predicted octanol–water partition coefficient (Wildman–Crippen LogP) is 3.85. The molecule has 5 atom stereocenters. The maximum atomic E-state index is 14.1. The fraction of sp³-hybridized carbons (Fsp3) is 0.333. The van der Waals surface area contributed by atoms with Crippen molar-refractivity contribution in [1.29, 1.82) is 0 Å². The molecule has 6 rings (SSSR count). The molecule has 3 fully saturated rings. The minimum absolute atomic E-state index is 0.224. The van der Waals surface area contributed by atoms with E-state index in [1.165, 1.54) is 31.2 Å². The highest BCUT2D eigenvalue weighted by Crippen LogP contribution is 2.61. The van der Waals surface area contributed by atoms with Gasteiger partial charge in [0.05, 0.1) is 28.2 Å². The van der Waals surface area contributed by atoms with Crippen LogP contribution in [0.5, 0.6) is 0 Å². The molecule has 4 aliphatic heterocycles. The van der Waals surface area contributed by atoms with Crippen LogP contribution in [0.3, 0.4) is 0 Å². The Bertz CT molecular complexity index is 1380. The van der Waals surface area contributed by atoms with E-state index in [1.807, 2.05) is 4.90 Å². The number of nitrogens with one attached hydrogen (secondary N) is 2. The molecule has 2 N–H and O–H groups in total. The predicted molar refractivity (Wildman–Crippen MR) is 135 cm³/mol. The van der Waals surface area contributed by atoms with Gasteiger partial charge in [0.25, 0.3) is 5.91 Å². The number of hydrogen-bond donors (Lipinski definition) is 2. The molecule has 12 heteroatoms. The second-order valence-corrected chi connectivity index (χ2v) is 11.2. The summed E-state index contributed by atoms with van der Waals surface area (Å²) in [6.45, 7) is 1.69. The van der Waals surface area contributed by atoms with Gasteiger partial charge in [-0.2, -0.15) is 0 Å². The van der Waals surface area contributed by atoms with Crippen molar-refractivity contribution in [3.05, 3.63) is 56.0 Å². The molecule has 0 radical (unpaired) electrons. The van der Waals surface area contributed by atoms with E-state index in [4.69, 9.17) is 46.4 Å². The molecule has 4 heterocycles. The van der Waals surface area contributed by atoms with Crippen LogP contribution in [0.15, 0.2) is 30.3 Å². The Hall–Kier alpha value is -2.36. The lowest BCUT2D eigenvalue weighted by Gasteiger charge is -2.37. The first-order valence-electron chi connectivity index (χ1n) is 11.2. The quantitative estimate of drug-likeness (QED) is 0.537. The summed E-state index contributed by atoms with van der Waals surface area (Å²) in [5, 5.41) is 6.78. The first-order valence-corrected chi connectivity index (χ1v) is 12.7. The summed E-state index contributed by atoms with van der Waals surface area (Å²) in [5.74, 6) is -3.56. The molecule has 0 saturated carbocycles. The van der Waals surface area contributed by atoms with Gasteiger partial charge in [0.1, 0.15) is 5.54 Å². The van der Waals surface area contributed by atoms with Gasteiger partial charge < -0.3 is 10.6 Å². The van der Waals surface area contributed by atoms with E-state index in [0.717, 1.165) is 4.90 Å². The monoisotopic (exact) mass is 566 g/mol. The van der Waals surface area contributed by atoms with E-state index in [1.54, 1.807) is 6.07 Å². The molecular weight excluding hydrogens is 550 g/mol. The van der Waals surface area contributed by atoms with Gasteiger partial charge in [0, 0.05) is 46.2 Å². The van der Waals surface area contributed by atoms with Gasteiger partial charge in [-0.05, 0) is 36.8 Å². The summed E-state index contributed by atoms with van der Waals surface area (Å²) in [6, 6.07) is 6.80. The van der Waals surface area contributed by atoms with Crippen molar-refractivity contribution in [2.75, 3.05) is 16.8 Å². The van der Waals surface area contributed by atoms with E-state index >= 15 is 0 Å². The second kappa shape index (κ2) is 8.07. The highest BCUT2D eigenvalue weighted by molar-refractivity contribution is 6.38. The summed E-state index contributed by atoms with van der Waals surface area (Å²) in [7, 11) is 0. The summed E-state index contributed by atoms with van der Waals surface area (Å²) in [4.78, 5) is 56.6. The summed E-state index contributed by atoms with van der Waals surface area (Å²) < 4.78 is 0. The zero-order valence-corrected chi connectivity index (χ0v) is 21.7. The van der Waals surface area contributed by atoms with E-state index in [-0.39, 0.29) is 39.2 Å². The molecule has 4 aliphatic rings. The molecule has 3 saturated heterocycles. The Morgan fingerprint density at radius 1 is 1.00 bits per heavy atom. The Morgan fingerprint density at radius 2 is 1.67 bits per heavy atom. The fourth-order valence-corrected chi connectivity index (χ4v) is 7.61. The molecule has 1 spiro atoms. The van der Waals surface area contributed by atoms with Crippen LogP contribution in [0.25, 0.3) is 0 Å². The van der Waals surface area contributed by atoms with Crippen molar-refractivity contribution < 1.29 is 19.2 Å². The largest absolute Gasteiger partial charge is 0.352 e. The van der Waals surface area contributed by atoms with Crippen molar-refractivity contribution in [3.63, 3.8) is 0 Å². The average molecular weight is 568 g/mol. The van der Waals surface area contributed by atoms with Crippen molar-refractivity contribution in [1.82, 2.24) is 10.2 Å². The van der Waals surface area contributed by atoms with Crippen LogP contribution in [0, 0.1) is 11.8 Å². The number of fused-ring (bicyclic) bond motifs is 7. The Kier molecular flexibility index (Phi) is 5.38. The third-order valence-corrected chi connectivity index (χ3v) is 8.53. The lowest BCUT2D eigenvalue weighted by molar-refractivity contribution is -0.135. The number of benzene rings is 2. The van der Waals surface area contributed by atoms with Gasteiger partial charge in [-0.15, -0.1) is 0 Å². The van der Waals surface area contributed by atoms with Gasteiger partial charge >= 0.3 is 0 Å². The molecule has 186 valence electrons. The van der Waals surface area contributed by atoms with Crippen LogP contribution in [0.2, 0.25) is 20.1 Å². The molecule has 0 aromatic heterocycles. The van der Waals surface area contributed by atoms with Gasteiger partial charge in [0.2, 0.25) is 17.7 Å².